The molecule has 0 radical (unpaired) electrons. The molecular formula is C8H10F2N2S. The lowest BCUT2D eigenvalue weighted by Crippen LogP contribution is -2.06. The van der Waals surface area contributed by atoms with Gasteiger partial charge >= 0.3 is 0 Å². The van der Waals surface area contributed by atoms with E-state index in [-0.39, 0.29) is 17.3 Å². The summed E-state index contributed by atoms with van der Waals surface area (Å²) >= 11 is 1.05. The van der Waals surface area contributed by atoms with Gasteiger partial charge in [0.05, 0.1) is 16.6 Å². The maximum Gasteiger partial charge on any atom is 0.284 e. The van der Waals surface area contributed by atoms with Gasteiger partial charge in [-0.05, 0) is 13.3 Å². The minimum atomic E-state index is -2.67. The largest absolute Gasteiger partial charge is 0.322 e. The van der Waals surface area contributed by atoms with E-state index in [4.69, 9.17) is 5.73 Å². The molecule has 0 fully saturated rings. The topological polar surface area (TPSA) is 38.9 Å². The predicted octanol–water partition coefficient (Wildman–Crippen LogP) is 2.20. The summed E-state index contributed by atoms with van der Waals surface area (Å²) in [6, 6.07) is -0.244. The van der Waals surface area contributed by atoms with Gasteiger partial charge in [-0.3, -0.25) is 0 Å². The fraction of sp³-hybridized carbons (Fsp3) is 0.625. The first-order valence-electron chi connectivity index (χ1n) is 4.14. The molecule has 1 aliphatic carbocycles. The Morgan fingerprint density at radius 3 is 2.85 bits per heavy atom. The van der Waals surface area contributed by atoms with Crippen LogP contribution in [0, 0.1) is 0 Å². The summed E-state index contributed by atoms with van der Waals surface area (Å²) in [5, 5.41) is 0.615. The fourth-order valence-electron chi connectivity index (χ4n) is 1.41. The maximum absolute atomic E-state index is 13.1. The molecule has 1 unspecified atom stereocenters. The Morgan fingerprint density at radius 2 is 2.31 bits per heavy atom. The van der Waals surface area contributed by atoms with Crippen LogP contribution in [0.5, 0.6) is 0 Å². The molecule has 0 amide bonds. The van der Waals surface area contributed by atoms with Crippen molar-refractivity contribution in [2.75, 3.05) is 0 Å². The highest BCUT2D eigenvalue weighted by molar-refractivity contribution is 7.12. The molecule has 0 aromatic carbocycles. The molecule has 0 aliphatic heterocycles. The number of aryl methyl sites for hydroxylation is 1. The lowest BCUT2D eigenvalue weighted by molar-refractivity contribution is 0.00159. The molecule has 1 aliphatic rings. The van der Waals surface area contributed by atoms with E-state index in [2.05, 4.69) is 4.98 Å². The number of aromatic nitrogens is 1. The number of hydrogen-bond acceptors (Lipinski definition) is 3. The zero-order chi connectivity index (χ0) is 9.64. The van der Waals surface area contributed by atoms with Crippen LogP contribution >= 0.6 is 11.3 Å². The molecule has 1 aromatic rings. The molecule has 0 saturated carbocycles. The average Bonchev–Trinajstić information content (AvgIpc) is 2.53. The molecule has 72 valence electrons. The number of nitrogens with zero attached hydrogens (tertiary/aromatic N) is 1. The highest BCUT2D eigenvalue weighted by Gasteiger charge is 2.42. The van der Waals surface area contributed by atoms with Gasteiger partial charge in [0.2, 0.25) is 0 Å². The van der Waals surface area contributed by atoms with Gasteiger partial charge in [0, 0.05) is 6.42 Å². The molecule has 2 rings (SSSR count). The van der Waals surface area contributed by atoms with Gasteiger partial charge in [0.25, 0.3) is 5.92 Å². The van der Waals surface area contributed by atoms with Crippen LogP contribution in [-0.4, -0.2) is 4.98 Å². The van der Waals surface area contributed by atoms with Crippen LogP contribution in [-0.2, 0) is 12.3 Å². The zero-order valence-corrected chi connectivity index (χ0v) is 8.00. The van der Waals surface area contributed by atoms with Gasteiger partial charge in [-0.15, -0.1) is 11.3 Å². The third kappa shape index (κ3) is 1.36. The van der Waals surface area contributed by atoms with E-state index >= 15 is 0 Å². The fourth-order valence-corrected chi connectivity index (χ4v) is 2.48. The monoisotopic (exact) mass is 204 g/mol. The summed E-state index contributed by atoms with van der Waals surface area (Å²) in [5.74, 6) is -2.67. The van der Waals surface area contributed by atoms with Crippen LogP contribution in [0.25, 0.3) is 0 Å². The van der Waals surface area contributed by atoms with Gasteiger partial charge < -0.3 is 5.73 Å². The summed E-state index contributed by atoms with van der Waals surface area (Å²) in [6.07, 6.45) is 0.284. The first-order chi connectivity index (χ1) is 6.00. The van der Waals surface area contributed by atoms with E-state index in [0.29, 0.717) is 17.1 Å². The van der Waals surface area contributed by atoms with Gasteiger partial charge in [0.1, 0.15) is 5.01 Å². The third-order valence-corrected chi connectivity index (χ3v) is 3.52. The summed E-state index contributed by atoms with van der Waals surface area (Å²) in [6.45, 7) is 1.76. The van der Waals surface area contributed by atoms with E-state index in [9.17, 15) is 8.78 Å². The second-order valence-corrected chi connectivity index (χ2v) is 4.35. The standard InChI is InChI=1S/C8H10F2N2S/c1-4(11)7-12-5-2-3-8(9,10)6(5)13-7/h4H,2-3,11H2,1H3. The van der Waals surface area contributed by atoms with E-state index in [1.165, 1.54) is 0 Å². The smallest absolute Gasteiger partial charge is 0.284 e. The van der Waals surface area contributed by atoms with Crippen LogP contribution < -0.4 is 5.73 Å². The normalized spacial score (nSPS) is 21.5. The zero-order valence-electron chi connectivity index (χ0n) is 7.18. The van der Waals surface area contributed by atoms with Crippen LogP contribution in [0.3, 0.4) is 0 Å². The van der Waals surface area contributed by atoms with Crippen molar-refractivity contribution in [3.63, 3.8) is 0 Å². The maximum atomic E-state index is 13.1. The number of fused-ring (bicyclic) bond motifs is 1. The molecular weight excluding hydrogens is 194 g/mol. The number of alkyl halides is 2. The first kappa shape index (κ1) is 9.02. The lowest BCUT2D eigenvalue weighted by atomic mass is 10.3. The summed E-state index contributed by atoms with van der Waals surface area (Å²) in [7, 11) is 0. The Labute approximate surface area is 78.8 Å². The Kier molecular flexibility index (Phi) is 1.89. The minimum Gasteiger partial charge on any atom is -0.322 e. The minimum absolute atomic E-state index is 0.0968. The summed E-state index contributed by atoms with van der Waals surface area (Å²) in [5.41, 5.74) is 6.11. The lowest BCUT2D eigenvalue weighted by Gasteiger charge is -2.06. The number of thiazole rings is 1. The Bertz CT molecular complexity index is 333. The molecule has 0 saturated heterocycles. The van der Waals surface area contributed by atoms with E-state index in [1.807, 2.05) is 0 Å². The summed E-state index contributed by atoms with van der Waals surface area (Å²) in [4.78, 5) is 4.22. The van der Waals surface area contributed by atoms with Crippen LogP contribution in [0.2, 0.25) is 0 Å². The van der Waals surface area contributed by atoms with E-state index < -0.39 is 5.92 Å². The number of hydrogen-bond donors (Lipinski definition) is 1. The van der Waals surface area contributed by atoms with Gasteiger partial charge in [-0.1, -0.05) is 0 Å². The van der Waals surface area contributed by atoms with Crippen LogP contribution in [0.15, 0.2) is 0 Å². The number of nitrogens with two attached hydrogens (primary N) is 1. The second kappa shape index (κ2) is 2.72. The van der Waals surface area contributed by atoms with Crippen molar-refractivity contribution in [2.24, 2.45) is 5.73 Å². The van der Waals surface area contributed by atoms with Gasteiger partial charge in [-0.2, -0.15) is 0 Å². The van der Waals surface area contributed by atoms with Crippen molar-refractivity contribution in [1.82, 2.24) is 4.98 Å². The SMILES string of the molecule is CC(N)c1nc2c(s1)C(F)(F)CC2. The second-order valence-electron chi connectivity index (χ2n) is 3.32. The molecule has 0 spiro atoms. The first-order valence-corrected chi connectivity index (χ1v) is 4.96. The molecule has 2 nitrogen and oxygen atoms in total. The molecule has 1 aromatic heterocycles. The molecule has 13 heavy (non-hydrogen) atoms. The van der Waals surface area contributed by atoms with Crippen molar-refractivity contribution in [3.05, 3.63) is 15.6 Å². The Balaban J connectivity index is 2.42. The molecule has 2 N–H and O–H groups in total. The number of rotatable bonds is 1. The van der Waals surface area contributed by atoms with E-state index in [0.717, 1.165) is 11.3 Å². The Hall–Kier alpha value is -0.550. The number of halogens is 2. The predicted molar refractivity (Wildman–Crippen MR) is 46.9 cm³/mol. The van der Waals surface area contributed by atoms with Crippen LogP contribution in [0.1, 0.15) is 35.0 Å². The average molecular weight is 204 g/mol. The quantitative estimate of drug-likeness (QED) is 0.761. The highest BCUT2D eigenvalue weighted by Crippen LogP contribution is 2.45. The van der Waals surface area contributed by atoms with Crippen molar-refractivity contribution in [2.45, 2.75) is 31.7 Å². The summed E-state index contributed by atoms with van der Waals surface area (Å²) < 4.78 is 26.3. The van der Waals surface area contributed by atoms with Crippen molar-refractivity contribution < 1.29 is 8.78 Å². The van der Waals surface area contributed by atoms with Crippen molar-refractivity contribution >= 4 is 11.3 Å². The van der Waals surface area contributed by atoms with Gasteiger partial charge in [0.15, 0.2) is 0 Å². The Morgan fingerprint density at radius 1 is 1.62 bits per heavy atom. The van der Waals surface area contributed by atoms with Gasteiger partial charge in [-0.25, -0.2) is 13.8 Å². The van der Waals surface area contributed by atoms with Crippen molar-refractivity contribution in [3.8, 4) is 0 Å². The molecule has 1 atom stereocenters. The molecule has 1 heterocycles. The molecule has 5 heteroatoms. The third-order valence-electron chi connectivity index (χ3n) is 2.11. The molecule has 0 bridgehead atoms. The highest BCUT2D eigenvalue weighted by atomic mass is 32.1. The van der Waals surface area contributed by atoms with E-state index in [1.54, 1.807) is 6.92 Å². The van der Waals surface area contributed by atoms with Crippen molar-refractivity contribution in [1.29, 1.82) is 0 Å². The van der Waals surface area contributed by atoms with Crippen LogP contribution in [0.4, 0.5) is 8.78 Å².